The second kappa shape index (κ2) is 8.77. The molecule has 0 aromatic heterocycles. The van der Waals surface area contributed by atoms with Gasteiger partial charge in [0.25, 0.3) is 0 Å². The third-order valence-corrected chi connectivity index (χ3v) is 4.43. The fraction of sp³-hybridized carbons (Fsp3) is 0.389. The molecule has 0 spiro atoms. The number of allylic oxidation sites excluding steroid dienone is 1. The minimum atomic E-state index is -0.470. The van der Waals surface area contributed by atoms with Gasteiger partial charge in [0.05, 0.1) is 18.2 Å². The molecular weight excluding hydrogens is 354 g/mol. The quantitative estimate of drug-likeness (QED) is 0.446. The number of methoxy groups -OCH3 is 1. The first-order chi connectivity index (χ1) is 12.3. The first kappa shape index (κ1) is 19.9. The lowest BCUT2D eigenvalue weighted by molar-refractivity contribution is -0.140. The summed E-state index contributed by atoms with van der Waals surface area (Å²) in [6, 6.07) is 6.80. The number of rotatable bonds is 6. The summed E-state index contributed by atoms with van der Waals surface area (Å²) in [5.41, 5.74) is 2.62. The number of nitrogens with zero attached hydrogens (tertiary/aromatic N) is 1. The molecule has 1 atom stereocenters. The second-order valence-corrected chi connectivity index (χ2v) is 6.26. The van der Waals surface area contributed by atoms with Gasteiger partial charge in [0, 0.05) is 32.5 Å². The lowest BCUT2D eigenvalue weighted by Crippen LogP contribution is -2.46. The zero-order chi connectivity index (χ0) is 19.3. The van der Waals surface area contributed by atoms with Gasteiger partial charge < -0.3 is 25.0 Å². The maximum Gasteiger partial charge on any atom is 0.338 e. The lowest BCUT2D eigenvalue weighted by Gasteiger charge is -2.35. The molecule has 1 aromatic carbocycles. The molecule has 2 N–H and O–H groups in total. The van der Waals surface area contributed by atoms with Crippen LogP contribution in [0, 0.1) is 0 Å². The van der Waals surface area contributed by atoms with E-state index in [0.29, 0.717) is 28.7 Å². The van der Waals surface area contributed by atoms with Crippen LogP contribution in [0.15, 0.2) is 35.5 Å². The Balaban J connectivity index is 2.39. The topological polar surface area (TPSA) is 79.9 Å². The Morgan fingerprint density at radius 1 is 1.35 bits per heavy atom. The fourth-order valence-electron chi connectivity index (χ4n) is 2.64. The van der Waals surface area contributed by atoms with E-state index >= 15 is 0 Å². The maximum atomic E-state index is 12.7. The number of nitrogens with one attached hydrogen (secondary N) is 2. The van der Waals surface area contributed by atoms with Crippen molar-refractivity contribution in [3.63, 3.8) is 0 Å². The lowest BCUT2D eigenvalue weighted by atomic mass is 9.95. The molecule has 0 unspecified atom stereocenters. The van der Waals surface area contributed by atoms with E-state index in [1.54, 1.807) is 25.1 Å². The number of carbonyl (C=O) groups is 2. The molecule has 0 radical (unpaired) electrons. The fourth-order valence-corrected chi connectivity index (χ4v) is 2.90. The van der Waals surface area contributed by atoms with Crippen LogP contribution < -0.4 is 10.6 Å². The number of carbonyl (C=O) groups excluding carboxylic acids is 2. The molecule has 0 saturated carbocycles. The molecule has 0 bridgehead atoms. The van der Waals surface area contributed by atoms with Crippen LogP contribution in [0.4, 0.5) is 5.69 Å². The van der Waals surface area contributed by atoms with Crippen molar-refractivity contribution in [2.75, 3.05) is 32.7 Å². The minimum absolute atomic E-state index is 0.166. The third-order valence-electron chi connectivity index (χ3n) is 4.03. The average Bonchev–Trinajstić information content (AvgIpc) is 2.59. The molecular formula is C18H23N3O4S. The first-order valence-electron chi connectivity index (χ1n) is 8.13. The van der Waals surface area contributed by atoms with Gasteiger partial charge in [-0.05, 0) is 36.8 Å². The van der Waals surface area contributed by atoms with Crippen LogP contribution in [0.1, 0.15) is 25.5 Å². The van der Waals surface area contributed by atoms with Crippen molar-refractivity contribution in [2.45, 2.75) is 19.9 Å². The van der Waals surface area contributed by atoms with E-state index in [0.717, 1.165) is 5.56 Å². The highest BCUT2D eigenvalue weighted by Crippen LogP contribution is 2.31. The highest BCUT2D eigenvalue weighted by molar-refractivity contribution is 7.80. The monoisotopic (exact) mass is 377 g/mol. The van der Waals surface area contributed by atoms with E-state index < -0.39 is 12.0 Å². The van der Waals surface area contributed by atoms with Crippen molar-refractivity contribution in [3.05, 3.63) is 41.1 Å². The maximum absolute atomic E-state index is 12.7. The predicted octanol–water partition coefficient (Wildman–Crippen LogP) is 1.97. The van der Waals surface area contributed by atoms with Crippen LogP contribution in [-0.2, 0) is 19.1 Å². The molecule has 2 rings (SSSR count). The Kier molecular flexibility index (Phi) is 6.70. The smallest absolute Gasteiger partial charge is 0.338 e. The van der Waals surface area contributed by atoms with Gasteiger partial charge in [-0.3, -0.25) is 4.79 Å². The largest absolute Gasteiger partial charge is 0.460 e. The van der Waals surface area contributed by atoms with Crippen LogP contribution in [-0.4, -0.2) is 49.3 Å². The van der Waals surface area contributed by atoms with E-state index in [1.165, 1.54) is 6.92 Å². The van der Waals surface area contributed by atoms with Gasteiger partial charge in [0.2, 0.25) is 5.91 Å². The first-order valence-corrected chi connectivity index (χ1v) is 8.54. The zero-order valence-electron chi connectivity index (χ0n) is 15.3. The Hall–Kier alpha value is -2.45. The van der Waals surface area contributed by atoms with E-state index in [2.05, 4.69) is 10.6 Å². The van der Waals surface area contributed by atoms with Gasteiger partial charge in [-0.2, -0.15) is 0 Å². The molecule has 0 saturated heterocycles. The van der Waals surface area contributed by atoms with E-state index in [1.807, 2.05) is 25.1 Å². The molecule has 1 amide bonds. The van der Waals surface area contributed by atoms with Crippen LogP contribution >= 0.6 is 12.2 Å². The average molecular weight is 377 g/mol. The molecule has 0 fully saturated rings. The Morgan fingerprint density at radius 3 is 2.73 bits per heavy atom. The summed E-state index contributed by atoms with van der Waals surface area (Å²) in [5.74, 6) is -0.601. The summed E-state index contributed by atoms with van der Waals surface area (Å²) in [6.45, 7) is 3.75. The predicted molar refractivity (Wildman–Crippen MR) is 103 cm³/mol. The molecule has 8 heteroatoms. The molecule has 1 aliphatic rings. The molecule has 1 heterocycles. The summed E-state index contributed by atoms with van der Waals surface area (Å²) in [6.07, 6.45) is 0. The molecule has 26 heavy (non-hydrogen) atoms. The number of hydrogen-bond donors (Lipinski definition) is 2. The number of benzene rings is 1. The molecule has 7 nitrogen and oxygen atoms in total. The van der Waals surface area contributed by atoms with E-state index in [9.17, 15) is 9.59 Å². The number of ether oxygens (including phenoxy) is 2. The third kappa shape index (κ3) is 4.59. The highest BCUT2D eigenvalue weighted by Gasteiger charge is 2.33. The van der Waals surface area contributed by atoms with Gasteiger partial charge in [-0.25, -0.2) is 4.79 Å². The number of thiocarbonyl (C=S) groups is 1. The van der Waals surface area contributed by atoms with E-state index in [-0.39, 0.29) is 12.5 Å². The number of esters is 1. The minimum Gasteiger partial charge on any atom is -0.460 e. The van der Waals surface area contributed by atoms with Crippen molar-refractivity contribution in [1.82, 2.24) is 10.2 Å². The Morgan fingerprint density at radius 2 is 2.08 bits per heavy atom. The van der Waals surface area contributed by atoms with Crippen molar-refractivity contribution < 1.29 is 19.1 Å². The highest BCUT2D eigenvalue weighted by atomic mass is 32.1. The van der Waals surface area contributed by atoms with Gasteiger partial charge in [-0.15, -0.1) is 0 Å². The van der Waals surface area contributed by atoms with E-state index in [4.69, 9.17) is 21.7 Å². The van der Waals surface area contributed by atoms with Gasteiger partial charge in [0.15, 0.2) is 5.11 Å². The second-order valence-electron chi connectivity index (χ2n) is 5.88. The molecule has 0 aliphatic carbocycles. The number of hydrogen-bond acceptors (Lipinski definition) is 5. The van der Waals surface area contributed by atoms with Gasteiger partial charge in [-0.1, -0.05) is 12.1 Å². The van der Waals surface area contributed by atoms with Crippen LogP contribution in [0.2, 0.25) is 0 Å². The number of amides is 1. The van der Waals surface area contributed by atoms with Crippen molar-refractivity contribution in [2.24, 2.45) is 0 Å². The van der Waals surface area contributed by atoms with Crippen molar-refractivity contribution in [3.8, 4) is 0 Å². The summed E-state index contributed by atoms with van der Waals surface area (Å²) in [7, 11) is 3.33. The summed E-state index contributed by atoms with van der Waals surface area (Å²) >= 11 is 5.37. The van der Waals surface area contributed by atoms with Crippen molar-refractivity contribution >= 4 is 34.9 Å². The SMILES string of the molecule is COCCOC(=O)C1=C(C)N(C)C(=S)N[C@@H]1c1cccc(NC(C)=O)c1. The van der Waals surface area contributed by atoms with Crippen molar-refractivity contribution in [1.29, 1.82) is 0 Å². The molecule has 140 valence electrons. The Labute approximate surface area is 158 Å². The normalized spacial score (nSPS) is 17.0. The standard InChI is InChI=1S/C18H23N3O4S/c1-11-15(17(23)25-9-8-24-4)16(20-18(26)21(11)3)13-6-5-7-14(10-13)19-12(2)22/h5-7,10,16H,8-9H2,1-4H3,(H,19,22)(H,20,26)/t16-/m1/s1. The molecule has 1 aromatic rings. The molecule has 1 aliphatic heterocycles. The summed E-state index contributed by atoms with van der Waals surface area (Å²) < 4.78 is 10.2. The van der Waals surface area contributed by atoms with Crippen LogP contribution in [0.25, 0.3) is 0 Å². The van der Waals surface area contributed by atoms with Crippen LogP contribution in [0.3, 0.4) is 0 Å². The van der Waals surface area contributed by atoms with Gasteiger partial charge >= 0.3 is 5.97 Å². The zero-order valence-corrected chi connectivity index (χ0v) is 16.1. The summed E-state index contributed by atoms with van der Waals surface area (Å²) in [4.78, 5) is 25.7. The van der Waals surface area contributed by atoms with Gasteiger partial charge in [0.1, 0.15) is 6.61 Å². The Bertz CT molecular complexity index is 748. The number of anilines is 1. The van der Waals surface area contributed by atoms with Crippen LogP contribution in [0.5, 0.6) is 0 Å². The summed E-state index contributed by atoms with van der Waals surface area (Å²) in [5, 5.41) is 6.42.